The average Bonchev–Trinajstić information content (AvgIpc) is 4.11. The maximum atomic E-state index is 14.5. The Morgan fingerprint density at radius 3 is 2.34 bits per heavy atom. The molecule has 0 bridgehead atoms. The van der Waals surface area contributed by atoms with Crippen LogP contribution in [0.15, 0.2) is 77.2 Å². The van der Waals surface area contributed by atoms with Crippen molar-refractivity contribution in [3.05, 3.63) is 133 Å². The number of nitrogens with zero attached hydrogens (tertiary/aromatic N) is 7. The van der Waals surface area contributed by atoms with Crippen LogP contribution < -0.4 is 15.5 Å². The summed E-state index contributed by atoms with van der Waals surface area (Å²) in [7, 11) is 1.37. The molecule has 0 spiro atoms. The number of ether oxygens (including phenoxy) is 1. The smallest absolute Gasteiger partial charge is 0.308 e. The van der Waals surface area contributed by atoms with Gasteiger partial charge in [-0.05, 0) is 98.5 Å². The summed E-state index contributed by atoms with van der Waals surface area (Å²) < 4.78 is 7.08. The van der Waals surface area contributed by atoms with E-state index in [1.54, 1.807) is 28.7 Å². The minimum absolute atomic E-state index is 0.0198. The monoisotopic (exact) mass is 981 g/mol. The Bertz CT molecular complexity index is 3020. The first-order chi connectivity index (χ1) is 33.4. The summed E-state index contributed by atoms with van der Waals surface area (Å²) >= 11 is 3.24. The van der Waals surface area contributed by atoms with Crippen LogP contribution in [-0.4, -0.2) is 97.5 Å². The van der Waals surface area contributed by atoms with Crippen LogP contribution in [0.1, 0.15) is 119 Å². The molecule has 6 heterocycles. The fraction of sp³-hybridized carbons (Fsp3) is 0.396. The summed E-state index contributed by atoms with van der Waals surface area (Å²) in [4.78, 5) is 70.7. The van der Waals surface area contributed by atoms with E-state index in [1.165, 1.54) is 12.0 Å². The molecule has 0 saturated carbocycles. The number of hydrogen-bond acceptors (Lipinski definition) is 13. The Morgan fingerprint density at radius 1 is 0.929 bits per heavy atom. The number of carbonyl (C=O) groups is 4. The molecular formula is C53H59N9O6S2. The Hall–Kier alpha value is -6.56. The molecular weight excluding hydrogens is 923 g/mol. The highest BCUT2D eigenvalue weighted by Crippen LogP contribution is 2.40. The summed E-state index contributed by atoms with van der Waals surface area (Å²) in [6, 6.07) is 19.1. The van der Waals surface area contributed by atoms with Gasteiger partial charge in [0.2, 0.25) is 11.8 Å². The minimum Gasteiger partial charge on any atom is -0.469 e. The topological polar surface area (TPSA) is 184 Å². The van der Waals surface area contributed by atoms with Crippen molar-refractivity contribution in [2.24, 2.45) is 10.4 Å². The van der Waals surface area contributed by atoms with Crippen LogP contribution in [0.3, 0.4) is 0 Å². The Labute approximate surface area is 416 Å². The number of aliphatic hydroxyl groups excluding tert-OH is 1. The van der Waals surface area contributed by atoms with Gasteiger partial charge in [0.05, 0.1) is 47.5 Å². The van der Waals surface area contributed by atoms with Crippen molar-refractivity contribution in [2.75, 3.05) is 25.1 Å². The molecule has 1 fully saturated rings. The van der Waals surface area contributed by atoms with E-state index < -0.39 is 41.5 Å². The number of carbonyl (C=O) groups excluding carboxylic acids is 4. The van der Waals surface area contributed by atoms with E-state index >= 15 is 0 Å². The molecule has 3 N–H and O–H groups in total. The SMILES string of the molecule is COC(=O)C[C@@H]1N=C(c2ccc(N3CCc4ccc(C(=O)NC(C(=O)N5C[C@H](O)C[C@H]5C(=O)NC(C)c5ccc(-c6scnc6C)cc5)C(C)(C)C)cc4C3)cc2)c2c(sc(C)c2C)-n2c(C)nnc21. The zero-order chi connectivity index (χ0) is 49.8. The molecule has 3 aromatic heterocycles. The molecule has 15 nitrogen and oxygen atoms in total. The van der Waals surface area contributed by atoms with Crippen molar-refractivity contribution < 1.29 is 29.0 Å². The van der Waals surface area contributed by atoms with Gasteiger partial charge in [-0.2, -0.15) is 0 Å². The summed E-state index contributed by atoms with van der Waals surface area (Å²) in [6.07, 6.45) is 0.00137. The molecule has 70 heavy (non-hydrogen) atoms. The molecule has 17 heteroatoms. The van der Waals surface area contributed by atoms with Crippen LogP contribution in [0, 0.1) is 33.1 Å². The van der Waals surface area contributed by atoms with Crippen LogP contribution in [0.4, 0.5) is 5.69 Å². The van der Waals surface area contributed by atoms with Gasteiger partial charge in [-0.3, -0.25) is 28.7 Å². The van der Waals surface area contributed by atoms with Gasteiger partial charge < -0.3 is 30.3 Å². The quantitative estimate of drug-likeness (QED) is 0.109. The average molecular weight is 982 g/mol. The number of β-amino-alcohol motifs (C(OH)–C–C–N with tert-alkyl or cyclic N) is 1. The zero-order valence-corrected chi connectivity index (χ0v) is 42.6. The third-order valence-corrected chi connectivity index (χ3v) is 16.0. The normalized spacial score (nSPS) is 18.5. The van der Waals surface area contributed by atoms with Crippen molar-refractivity contribution in [1.29, 1.82) is 0 Å². The van der Waals surface area contributed by atoms with Crippen molar-refractivity contribution in [1.82, 2.24) is 35.3 Å². The number of hydrogen-bond donors (Lipinski definition) is 3. The number of aliphatic hydroxyl groups is 1. The molecule has 9 rings (SSSR count). The van der Waals surface area contributed by atoms with Crippen LogP contribution in [-0.2, 0) is 32.1 Å². The first kappa shape index (κ1) is 48.5. The maximum absolute atomic E-state index is 14.5. The molecule has 2 unspecified atom stereocenters. The van der Waals surface area contributed by atoms with Gasteiger partial charge in [0.25, 0.3) is 5.91 Å². The van der Waals surface area contributed by atoms with Gasteiger partial charge in [0, 0.05) is 53.3 Å². The zero-order valence-electron chi connectivity index (χ0n) is 41.0. The van der Waals surface area contributed by atoms with Gasteiger partial charge in [0.15, 0.2) is 5.82 Å². The van der Waals surface area contributed by atoms with Crippen LogP contribution in [0.2, 0.25) is 0 Å². The summed E-state index contributed by atoms with van der Waals surface area (Å²) in [5.41, 5.74) is 11.4. The highest BCUT2D eigenvalue weighted by Gasteiger charge is 2.45. The molecule has 3 amide bonds. The van der Waals surface area contributed by atoms with Gasteiger partial charge in [-0.15, -0.1) is 32.9 Å². The number of anilines is 1. The first-order valence-corrected chi connectivity index (χ1v) is 25.3. The molecule has 3 aliphatic rings. The number of esters is 1. The maximum Gasteiger partial charge on any atom is 0.308 e. The van der Waals surface area contributed by atoms with Crippen LogP contribution in [0.25, 0.3) is 15.4 Å². The predicted octanol–water partition coefficient (Wildman–Crippen LogP) is 7.69. The molecule has 3 aliphatic heterocycles. The highest BCUT2D eigenvalue weighted by atomic mass is 32.1. The summed E-state index contributed by atoms with van der Waals surface area (Å²) in [6.45, 7) is 16.9. The van der Waals surface area contributed by atoms with Gasteiger partial charge in [-0.1, -0.05) is 63.2 Å². The number of benzene rings is 3. The predicted molar refractivity (Wildman–Crippen MR) is 272 cm³/mol. The number of nitrogens with one attached hydrogen (secondary N) is 2. The second kappa shape index (κ2) is 19.3. The first-order valence-electron chi connectivity index (χ1n) is 23.6. The standard InChI is InChI=1S/C53H59N9O6S2/c1-28-31(4)70-52-44(28)45(56-41(24-43(64)68-9)48-59-58-32(5)62(48)52)35-16-18-39(19-17-35)60-21-20-34-12-15-37(22-38(34)25-60)49(65)57-47(53(6,7)8)51(67)61-26-40(63)23-42(61)50(66)55-29(2)33-10-13-36(14-11-33)46-30(3)54-27-69-46/h10-19,22,27,29,40-42,47,63H,20-21,23-26H2,1-9H3,(H,55,66)(H,57,65)/t29?,40-,41+,42+,47?/m1/s1. The summed E-state index contributed by atoms with van der Waals surface area (Å²) in [5, 5.41) is 26.8. The lowest BCUT2D eigenvalue weighted by Gasteiger charge is -2.35. The molecule has 364 valence electrons. The third-order valence-electron chi connectivity index (χ3n) is 13.8. The molecule has 0 radical (unpaired) electrons. The molecule has 3 aromatic carbocycles. The number of aromatic nitrogens is 4. The van der Waals surface area contributed by atoms with Crippen molar-refractivity contribution >= 4 is 57.8 Å². The Morgan fingerprint density at radius 2 is 1.66 bits per heavy atom. The van der Waals surface area contributed by atoms with E-state index in [1.807, 2.05) is 88.0 Å². The van der Waals surface area contributed by atoms with Crippen molar-refractivity contribution in [3.63, 3.8) is 0 Å². The van der Waals surface area contributed by atoms with Gasteiger partial charge in [0.1, 0.15) is 29.0 Å². The number of fused-ring (bicyclic) bond motifs is 4. The Balaban J connectivity index is 0.893. The highest BCUT2D eigenvalue weighted by molar-refractivity contribution is 7.15. The third kappa shape index (κ3) is 9.41. The van der Waals surface area contributed by atoms with E-state index in [9.17, 15) is 24.3 Å². The number of aliphatic imine (C=N–C) groups is 1. The van der Waals surface area contributed by atoms with E-state index in [0.717, 1.165) is 89.6 Å². The number of methoxy groups -OCH3 is 1. The largest absolute Gasteiger partial charge is 0.469 e. The van der Waals surface area contributed by atoms with Crippen LogP contribution >= 0.6 is 22.7 Å². The second-order valence-corrected chi connectivity index (χ2v) is 21.7. The Kier molecular flexibility index (Phi) is 13.4. The lowest BCUT2D eigenvalue weighted by atomic mass is 9.85. The molecule has 0 aliphatic carbocycles. The molecule has 1 saturated heterocycles. The number of likely N-dealkylation sites (tertiary alicyclic amines) is 1. The van der Waals surface area contributed by atoms with E-state index in [4.69, 9.17) is 9.73 Å². The second-order valence-electron chi connectivity index (χ2n) is 19.7. The molecule has 6 aromatic rings. The van der Waals surface area contributed by atoms with Gasteiger partial charge >= 0.3 is 5.97 Å². The number of amides is 3. The fourth-order valence-electron chi connectivity index (χ4n) is 9.74. The number of rotatable bonds is 11. The van der Waals surface area contributed by atoms with Crippen molar-refractivity contribution in [2.45, 2.75) is 111 Å². The lowest BCUT2D eigenvalue weighted by molar-refractivity contribution is -0.142. The number of thiophene rings is 1. The fourth-order valence-corrected chi connectivity index (χ4v) is 11.8. The van der Waals surface area contributed by atoms with E-state index in [0.29, 0.717) is 17.9 Å². The van der Waals surface area contributed by atoms with Crippen molar-refractivity contribution in [3.8, 4) is 15.4 Å². The summed E-state index contributed by atoms with van der Waals surface area (Å²) in [5.74, 6) is -0.244. The van der Waals surface area contributed by atoms with Gasteiger partial charge in [-0.25, -0.2) is 4.98 Å². The van der Waals surface area contributed by atoms with E-state index in [2.05, 4.69) is 68.8 Å². The molecule has 5 atom stereocenters. The van der Waals surface area contributed by atoms with Crippen LogP contribution in [0.5, 0.6) is 0 Å². The lowest BCUT2D eigenvalue weighted by Crippen LogP contribution is -2.57. The number of thiazole rings is 1. The number of aryl methyl sites for hydroxylation is 3. The minimum atomic E-state index is -0.986. The van der Waals surface area contributed by atoms with E-state index in [-0.39, 0.29) is 37.3 Å².